The van der Waals surface area contributed by atoms with E-state index in [1.54, 1.807) is 13.2 Å². The molecule has 26 heavy (non-hydrogen) atoms. The Morgan fingerprint density at radius 3 is 2.50 bits per heavy atom. The molecule has 1 atom stereocenters. The van der Waals surface area contributed by atoms with E-state index in [0.717, 1.165) is 11.1 Å². The van der Waals surface area contributed by atoms with Crippen LogP contribution in [-0.4, -0.2) is 32.1 Å². The van der Waals surface area contributed by atoms with Crippen molar-refractivity contribution in [1.29, 1.82) is 0 Å². The molecule has 6 nitrogen and oxygen atoms in total. The maximum atomic E-state index is 12.0. The molecule has 0 heterocycles. The van der Waals surface area contributed by atoms with Gasteiger partial charge in [-0.1, -0.05) is 43.3 Å². The molecular formula is C20H25N3O3. The van der Waals surface area contributed by atoms with Crippen LogP contribution in [0.15, 0.2) is 48.5 Å². The highest BCUT2D eigenvalue weighted by Gasteiger charge is 2.11. The molecule has 0 aromatic heterocycles. The first-order valence-electron chi connectivity index (χ1n) is 8.50. The van der Waals surface area contributed by atoms with Crippen LogP contribution in [-0.2, 0) is 4.79 Å². The fourth-order valence-electron chi connectivity index (χ4n) is 2.48. The number of ether oxygens (including phenoxy) is 1. The van der Waals surface area contributed by atoms with Gasteiger partial charge in [-0.15, -0.1) is 0 Å². The largest absolute Gasteiger partial charge is 0.495 e. The summed E-state index contributed by atoms with van der Waals surface area (Å²) < 4.78 is 5.22. The third-order valence-electron chi connectivity index (χ3n) is 3.98. The Kier molecular flexibility index (Phi) is 7.02. The predicted octanol–water partition coefficient (Wildman–Crippen LogP) is 3.05. The number of amides is 3. The highest BCUT2D eigenvalue weighted by atomic mass is 16.5. The molecule has 6 heteroatoms. The summed E-state index contributed by atoms with van der Waals surface area (Å²) in [4.78, 5) is 23.9. The van der Waals surface area contributed by atoms with Gasteiger partial charge in [0, 0.05) is 6.54 Å². The maximum Gasteiger partial charge on any atom is 0.315 e. The van der Waals surface area contributed by atoms with Crippen molar-refractivity contribution < 1.29 is 14.3 Å². The lowest BCUT2D eigenvalue weighted by atomic mass is 10.0. The second-order valence-electron chi connectivity index (χ2n) is 6.13. The summed E-state index contributed by atoms with van der Waals surface area (Å²) in [5, 5.41) is 8.08. The van der Waals surface area contributed by atoms with E-state index in [1.165, 1.54) is 0 Å². The number of nitrogens with one attached hydrogen (secondary N) is 3. The Morgan fingerprint density at radius 1 is 1.08 bits per heavy atom. The second-order valence-corrected chi connectivity index (χ2v) is 6.13. The number of hydrogen-bond donors (Lipinski definition) is 3. The molecule has 138 valence electrons. The number of aryl methyl sites for hydroxylation is 1. The minimum Gasteiger partial charge on any atom is -0.495 e. The minimum atomic E-state index is -0.376. The SMILES string of the molecule is COc1ccc(C)cc1NC(=O)CNC(=O)NCC(C)c1ccccc1. The number of rotatable bonds is 7. The third kappa shape index (κ3) is 5.81. The van der Waals surface area contributed by atoms with E-state index in [1.807, 2.05) is 56.3 Å². The van der Waals surface area contributed by atoms with Gasteiger partial charge in [0.1, 0.15) is 5.75 Å². The van der Waals surface area contributed by atoms with Gasteiger partial charge in [0.05, 0.1) is 19.3 Å². The molecule has 0 saturated heterocycles. The van der Waals surface area contributed by atoms with Crippen molar-refractivity contribution in [3.8, 4) is 5.75 Å². The molecule has 3 amide bonds. The van der Waals surface area contributed by atoms with Crippen LogP contribution in [0.1, 0.15) is 24.0 Å². The number of urea groups is 1. The fraction of sp³-hybridized carbons (Fsp3) is 0.300. The quantitative estimate of drug-likeness (QED) is 0.714. The molecule has 0 fully saturated rings. The van der Waals surface area contributed by atoms with Crippen molar-refractivity contribution in [3.05, 3.63) is 59.7 Å². The van der Waals surface area contributed by atoms with E-state index in [-0.39, 0.29) is 24.4 Å². The summed E-state index contributed by atoms with van der Waals surface area (Å²) >= 11 is 0. The molecular weight excluding hydrogens is 330 g/mol. The van der Waals surface area contributed by atoms with E-state index >= 15 is 0 Å². The van der Waals surface area contributed by atoms with Crippen LogP contribution >= 0.6 is 0 Å². The van der Waals surface area contributed by atoms with Gasteiger partial charge in [0.15, 0.2) is 0 Å². The van der Waals surface area contributed by atoms with Gasteiger partial charge in [0.2, 0.25) is 5.91 Å². The molecule has 0 spiro atoms. The Bertz CT molecular complexity index is 747. The zero-order chi connectivity index (χ0) is 18.9. The molecule has 2 rings (SSSR count). The summed E-state index contributed by atoms with van der Waals surface area (Å²) in [7, 11) is 1.54. The van der Waals surface area contributed by atoms with Gasteiger partial charge in [-0.25, -0.2) is 4.79 Å². The maximum absolute atomic E-state index is 12.0. The zero-order valence-electron chi connectivity index (χ0n) is 15.3. The Balaban J connectivity index is 1.77. The van der Waals surface area contributed by atoms with Crippen LogP contribution in [0.25, 0.3) is 0 Å². The van der Waals surface area contributed by atoms with E-state index < -0.39 is 0 Å². The van der Waals surface area contributed by atoms with Gasteiger partial charge in [0.25, 0.3) is 0 Å². The number of benzene rings is 2. The average molecular weight is 355 g/mol. The van der Waals surface area contributed by atoms with Crippen LogP contribution in [0.2, 0.25) is 0 Å². The van der Waals surface area contributed by atoms with Crippen molar-refractivity contribution in [2.24, 2.45) is 0 Å². The summed E-state index contributed by atoms with van der Waals surface area (Å²) in [6, 6.07) is 15.1. The van der Waals surface area contributed by atoms with E-state index in [9.17, 15) is 9.59 Å². The van der Waals surface area contributed by atoms with Crippen LogP contribution < -0.4 is 20.7 Å². The number of carbonyl (C=O) groups excluding carboxylic acids is 2. The smallest absolute Gasteiger partial charge is 0.315 e. The minimum absolute atomic E-state index is 0.122. The first kappa shape index (κ1) is 19.3. The molecule has 0 radical (unpaired) electrons. The van der Waals surface area contributed by atoms with E-state index in [4.69, 9.17) is 4.74 Å². The Morgan fingerprint density at radius 2 is 1.81 bits per heavy atom. The average Bonchev–Trinajstić information content (AvgIpc) is 2.65. The topological polar surface area (TPSA) is 79.5 Å². The number of hydrogen-bond acceptors (Lipinski definition) is 3. The van der Waals surface area contributed by atoms with Crippen molar-refractivity contribution in [3.63, 3.8) is 0 Å². The van der Waals surface area contributed by atoms with E-state index in [2.05, 4.69) is 16.0 Å². The van der Waals surface area contributed by atoms with Crippen LogP contribution in [0, 0.1) is 6.92 Å². The van der Waals surface area contributed by atoms with Crippen molar-refractivity contribution in [1.82, 2.24) is 10.6 Å². The van der Waals surface area contributed by atoms with Crippen molar-refractivity contribution >= 4 is 17.6 Å². The van der Waals surface area contributed by atoms with Gasteiger partial charge in [-0.2, -0.15) is 0 Å². The third-order valence-corrected chi connectivity index (χ3v) is 3.98. The van der Waals surface area contributed by atoms with Crippen LogP contribution in [0.5, 0.6) is 5.75 Å². The molecule has 0 saturated carbocycles. The summed E-state index contributed by atoms with van der Waals surface area (Å²) in [5.74, 6) is 0.442. The molecule has 0 aliphatic carbocycles. The predicted molar refractivity (Wildman–Crippen MR) is 103 cm³/mol. The van der Waals surface area contributed by atoms with Crippen LogP contribution in [0.4, 0.5) is 10.5 Å². The molecule has 3 N–H and O–H groups in total. The van der Waals surface area contributed by atoms with Gasteiger partial charge in [-0.05, 0) is 36.1 Å². The monoisotopic (exact) mass is 355 g/mol. The zero-order valence-corrected chi connectivity index (χ0v) is 15.3. The summed E-state index contributed by atoms with van der Waals surface area (Å²) in [5.41, 5.74) is 2.73. The summed E-state index contributed by atoms with van der Waals surface area (Å²) in [6.45, 7) is 4.33. The first-order valence-corrected chi connectivity index (χ1v) is 8.50. The lowest BCUT2D eigenvalue weighted by molar-refractivity contribution is -0.115. The van der Waals surface area contributed by atoms with E-state index in [0.29, 0.717) is 18.0 Å². The highest BCUT2D eigenvalue weighted by Crippen LogP contribution is 2.24. The lowest BCUT2D eigenvalue weighted by Gasteiger charge is -2.14. The van der Waals surface area contributed by atoms with Crippen molar-refractivity contribution in [2.75, 3.05) is 25.5 Å². The van der Waals surface area contributed by atoms with Gasteiger partial charge < -0.3 is 20.7 Å². The number of anilines is 1. The fourth-order valence-corrected chi connectivity index (χ4v) is 2.48. The number of methoxy groups -OCH3 is 1. The first-order chi connectivity index (χ1) is 12.5. The standard InChI is InChI=1S/C20H25N3O3/c1-14-9-10-18(26-3)17(11-14)23-19(24)13-22-20(25)21-12-15(2)16-7-5-4-6-8-16/h4-11,15H,12-13H2,1-3H3,(H,23,24)(H2,21,22,25). The molecule has 0 bridgehead atoms. The van der Waals surface area contributed by atoms with Gasteiger partial charge in [-0.3, -0.25) is 4.79 Å². The Labute approximate surface area is 153 Å². The highest BCUT2D eigenvalue weighted by molar-refractivity contribution is 5.95. The molecule has 2 aromatic rings. The molecule has 0 aliphatic rings. The Hall–Kier alpha value is -3.02. The van der Waals surface area contributed by atoms with Crippen LogP contribution in [0.3, 0.4) is 0 Å². The normalized spacial score (nSPS) is 11.3. The summed E-state index contributed by atoms with van der Waals surface area (Å²) in [6.07, 6.45) is 0. The lowest BCUT2D eigenvalue weighted by Crippen LogP contribution is -2.41. The molecule has 1 unspecified atom stereocenters. The van der Waals surface area contributed by atoms with Crippen molar-refractivity contribution in [2.45, 2.75) is 19.8 Å². The second kappa shape index (κ2) is 9.46. The molecule has 0 aliphatic heterocycles. The van der Waals surface area contributed by atoms with Gasteiger partial charge >= 0.3 is 6.03 Å². The number of carbonyl (C=O) groups is 2. The molecule has 2 aromatic carbocycles.